The lowest BCUT2D eigenvalue weighted by Crippen LogP contribution is -2.49. The second kappa shape index (κ2) is 9.70. The standard InChI is InChI=1S/C19H22N4O5S/c24-12-18-17(23-29(26,27)16-4-2-1-3-5-16)7-6-15(28-18)10-19(25)21-11-14-8-9-20-13-22-14/h1-9,13,15,17-18,23-24H,10-12H2,(H,21,25)/t15-,17+,18-/m0/s1. The molecular weight excluding hydrogens is 396 g/mol. The Morgan fingerprint density at radius 1 is 1.17 bits per heavy atom. The summed E-state index contributed by atoms with van der Waals surface area (Å²) in [5.41, 5.74) is 0.678. The maximum Gasteiger partial charge on any atom is 0.241 e. The number of ether oxygens (including phenoxy) is 1. The van der Waals surface area contributed by atoms with Crippen LogP contribution in [0.15, 0.2) is 66.0 Å². The minimum Gasteiger partial charge on any atom is -0.394 e. The number of aliphatic hydroxyl groups is 1. The molecule has 1 aliphatic heterocycles. The predicted octanol–water partition coefficient (Wildman–Crippen LogP) is 0.146. The summed E-state index contributed by atoms with van der Waals surface area (Å²) in [5, 5.41) is 12.4. The first-order valence-corrected chi connectivity index (χ1v) is 10.5. The lowest BCUT2D eigenvalue weighted by Gasteiger charge is -2.31. The fourth-order valence-corrected chi connectivity index (χ4v) is 4.06. The highest BCUT2D eigenvalue weighted by atomic mass is 32.2. The minimum absolute atomic E-state index is 0.0379. The molecule has 1 aliphatic rings. The van der Waals surface area contributed by atoms with Crippen molar-refractivity contribution in [3.63, 3.8) is 0 Å². The fraction of sp³-hybridized carbons (Fsp3) is 0.316. The average molecular weight is 418 g/mol. The number of nitrogens with one attached hydrogen (secondary N) is 2. The molecule has 0 spiro atoms. The normalized spacial score (nSPS) is 21.6. The quantitative estimate of drug-likeness (QED) is 0.520. The monoisotopic (exact) mass is 418 g/mol. The van der Waals surface area contributed by atoms with Crippen LogP contribution in [-0.4, -0.2) is 54.3 Å². The van der Waals surface area contributed by atoms with Gasteiger partial charge in [0.2, 0.25) is 15.9 Å². The number of hydrogen-bond donors (Lipinski definition) is 3. The van der Waals surface area contributed by atoms with Crippen LogP contribution < -0.4 is 10.0 Å². The Labute approximate surface area is 168 Å². The second-order valence-corrected chi connectivity index (χ2v) is 8.14. The van der Waals surface area contributed by atoms with Gasteiger partial charge in [-0.25, -0.2) is 23.1 Å². The van der Waals surface area contributed by atoms with Gasteiger partial charge in [-0.3, -0.25) is 4.79 Å². The maximum absolute atomic E-state index is 12.5. The van der Waals surface area contributed by atoms with Gasteiger partial charge in [-0.2, -0.15) is 0 Å². The van der Waals surface area contributed by atoms with Gasteiger partial charge < -0.3 is 15.2 Å². The van der Waals surface area contributed by atoms with Gasteiger partial charge in [0, 0.05) is 6.20 Å². The van der Waals surface area contributed by atoms with Gasteiger partial charge in [0.05, 0.1) is 42.3 Å². The molecule has 2 aromatic rings. The van der Waals surface area contributed by atoms with E-state index in [1.807, 2.05) is 0 Å². The van der Waals surface area contributed by atoms with Crippen LogP contribution in [0.1, 0.15) is 12.1 Å². The van der Waals surface area contributed by atoms with E-state index in [4.69, 9.17) is 4.74 Å². The van der Waals surface area contributed by atoms with Crippen molar-refractivity contribution in [3.05, 3.63) is 66.8 Å². The molecular formula is C19H22N4O5S. The van der Waals surface area contributed by atoms with Gasteiger partial charge in [0.15, 0.2) is 0 Å². The molecule has 0 saturated heterocycles. The van der Waals surface area contributed by atoms with Crippen LogP contribution >= 0.6 is 0 Å². The van der Waals surface area contributed by atoms with Crippen molar-refractivity contribution in [2.24, 2.45) is 0 Å². The van der Waals surface area contributed by atoms with Crippen molar-refractivity contribution < 1.29 is 23.1 Å². The molecule has 1 amide bonds. The molecule has 2 heterocycles. The van der Waals surface area contributed by atoms with Crippen LogP contribution in [0.3, 0.4) is 0 Å². The number of sulfonamides is 1. The Hall–Kier alpha value is -2.66. The van der Waals surface area contributed by atoms with E-state index >= 15 is 0 Å². The summed E-state index contributed by atoms with van der Waals surface area (Å²) < 4.78 is 33.2. The Kier molecular flexibility index (Phi) is 7.04. The van der Waals surface area contributed by atoms with Gasteiger partial charge in [-0.1, -0.05) is 30.4 Å². The molecule has 3 N–H and O–H groups in total. The van der Waals surface area contributed by atoms with Crippen molar-refractivity contribution in [2.75, 3.05) is 6.61 Å². The summed E-state index contributed by atoms with van der Waals surface area (Å²) in [4.78, 5) is 20.1. The zero-order chi connectivity index (χ0) is 20.7. The largest absolute Gasteiger partial charge is 0.394 e. The summed E-state index contributed by atoms with van der Waals surface area (Å²) in [6.45, 7) is -0.133. The number of carbonyl (C=O) groups is 1. The third-order valence-corrected chi connectivity index (χ3v) is 5.78. The molecule has 1 aromatic heterocycles. The number of rotatable bonds is 8. The van der Waals surface area contributed by atoms with Gasteiger partial charge >= 0.3 is 0 Å². The lowest BCUT2D eigenvalue weighted by molar-refractivity contribution is -0.125. The van der Waals surface area contributed by atoms with E-state index in [9.17, 15) is 18.3 Å². The Bertz CT molecular complexity index is 938. The first-order valence-electron chi connectivity index (χ1n) is 9.01. The van der Waals surface area contributed by atoms with Crippen molar-refractivity contribution in [2.45, 2.75) is 36.1 Å². The Morgan fingerprint density at radius 2 is 1.97 bits per heavy atom. The zero-order valence-corrected chi connectivity index (χ0v) is 16.3. The molecule has 1 aromatic carbocycles. The average Bonchev–Trinajstić information content (AvgIpc) is 2.74. The van der Waals surface area contributed by atoms with Crippen molar-refractivity contribution in [1.29, 1.82) is 0 Å². The highest BCUT2D eigenvalue weighted by molar-refractivity contribution is 7.89. The number of nitrogens with zero attached hydrogens (tertiary/aromatic N) is 2. The molecule has 3 atom stereocenters. The van der Waals surface area contributed by atoms with Gasteiger partial charge in [-0.15, -0.1) is 0 Å². The van der Waals surface area contributed by atoms with Crippen LogP contribution in [0, 0.1) is 0 Å². The molecule has 10 heteroatoms. The van der Waals surface area contributed by atoms with Crippen LogP contribution in [0.25, 0.3) is 0 Å². The van der Waals surface area contributed by atoms with E-state index in [1.54, 1.807) is 42.6 Å². The minimum atomic E-state index is -3.77. The predicted molar refractivity (Wildman–Crippen MR) is 104 cm³/mol. The van der Waals surface area contributed by atoms with E-state index in [2.05, 4.69) is 20.0 Å². The summed E-state index contributed by atoms with van der Waals surface area (Å²) in [7, 11) is -3.77. The van der Waals surface area contributed by atoms with E-state index < -0.39 is 34.9 Å². The third-order valence-electron chi connectivity index (χ3n) is 4.30. The number of benzene rings is 1. The van der Waals surface area contributed by atoms with Crippen molar-refractivity contribution in [3.8, 4) is 0 Å². The maximum atomic E-state index is 12.5. The molecule has 0 unspecified atom stereocenters. The van der Waals surface area contributed by atoms with Gasteiger partial charge in [0.1, 0.15) is 12.4 Å². The second-order valence-electron chi connectivity index (χ2n) is 6.42. The number of amides is 1. The third kappa shape index (κ3) is 5.91. The van der Waals surface area contributed by atoms with Crippen molar-refractivity contribution in [1.82, 2.24) is 20.0 Å². The first kappa shape index (κ1) is 21.1. The SMILES string of the molecule is O=C(C[C@@H]1C=C[C@@H](NS(=O)(=O)c2ccccc2)[C@H](CO)O1)NCc1ccncn1. The van der Waals surface area contributed by atoms with Crippen LogP contribution in [-0.2, 0) is 26.1 Å². The number of aromatic nitrogens is 2. The van der Waals surface area contributed by atoms with E-state index in [0.29, 0.717) is 5.69 Å². The Morgan fingerprint density at radius 3 is 2.66 bits per heavy atom. The van der Waals surface area contributed by atoms with E-state index in [0.717, 1.165) is 0 Å². The topological polar surface area (TPSA) is 131 Å². The Balaban J connectivity index is 1.57. The van der Waals surface area contributed by atoms with Crippen LogP contribution in [0.2, 0.25) is 0 Å². The smallest absolute Gasteiger partial charge is 0.241 e. The summed E-state index contributed by atoms with van der Waals surface area (Å²) in [5.74, 6) is -0.252. The zero-order valence-electron chi connectivity index (χ0n) is 15.5. The molecule has 9 nitrogen and oxygen atoms in total. The molecule has 3 rings (SSSR count). The number of hydrogen-bond acceptors (Lipinski definition) is 7. The van der Waals surface area contributed by atoms with Gasteiger partial charge in [-0.05, 0) is 18.2 Å². The molecule has 0 bridgehead atoms. The fourth-order valence-electron chi connectivity index (χ4n) is 2.82. The van der Waals surface area contributed by atoms with E-state index in [1.165, 1.54) is 18.5 Å². The molecule has 0 radical (unpaired) electrons. The van der Waals surface area contributed by atoms with Crippen LogP contribution in [0.4, 0.5) is 0 Å². The summed E-state index contributed by atoms with van der Waals surface area (Å²) in [6.07, 6.45) is 4.87. The molecule has 0 fully saturated rings. The van der Waals surface area contributed by atoms with Crippen LogP contribution in [0.5, 0.6) is 0 Å². The van der Waals surface area contributed by atoms with Crippen molar-refractivity contribution >= 4 is 15.9 Å². The molecule has 0 aliphatic carbocycles. The number of aliphatic hydroxyl groups excluding tert-OH is 1. The van der Waals surface area contributed by atoms with E-state index in [-0.39, 0.29) is 23.8 Å². The summed E-state index contributed by atoms with van der Waals surface area (Å²) >= 11 is 0. The lowest BCUT2D eigenvalue weighted by atomic mass is 10.1. The highest BCUT2D eigenvalue weighted by Gasteiger charge is 2.31. The molecule has 0 saturated carbocycles. The molecule has 154 valence electrons. The van der Waals surface area contributed by atoms with Gasteiger partial charge in [0.25, 0.3) is 0 Å². The first-order chi connectivity index (χ1) is 14.0. The number of carbonyl (C=O) groups excluding carboxylic acids is 1. The highest BCUT2D eigenvalue weighted by Crippen LogP contribution is 2.18. The summed E-state index contributed by atoms with van der Waals surface area (Å²) in [6, 6.07) is 8.89. The molecule has 29 heavy (non-hydrogen) atoms.